The molecule has 0 spiro atoms. The topological polar surface area (TPSA) is 85.4 Å². The van der Waals surface area contributed by atoms with Gasteiger partial charge in [0.05, 0.1) is 19.9 Å². The molecule has 1 unspecified atom stereocenters. The molecule has 2 N–H and O–H groups in total. The highest BCUT2D eigenvalue weighted by Gasteiger charge is 2.16. The van der Waals surface area contributed by atoms with Crippen molar-refractivity contribution in [3.8, 4) is 11.5 Å². The summed E-state index contributed by atoms with van der Waals surface area (Å²) in [6.45, 7) is 3.59. The Morgan fingerprint density at radius 1 is 1.27 bits per heavy atom. The van der Waals surface area contributed by atoms with E-state index in [1.54, 1.807) is 39.3 Å². The van der Waals surface area contributed by atoms with E-state index >= 15 is 0 Å². The minimum Gasteiger partial charge on any atom is -0.497 e. The van der Waals surface area contributed by atoms with Crippen molar-refractivity contribution < 1.29 is 14.3 Å². The van der Waals surface area contributed by atoms with Gasteiger partial charge in [-0.1, -0.05) is 11.3 Å². The van der Waals surface area contributed by atoms with Crippen LogP contribution >= 0.6 is 11.3 Å². The van der Waals surface area contributed by atoms with E-state index in [9.17, 15) is 4.79 Å². The van der Waals surface area contributed by atoms with Crippen molar-refractivity contribution in [2.75, 3.05) is 24.9 Å². The van der Waals surface area contributed by atoms with Crippen molar-refractivity contribution in [3.05, 3.63) is 23.2 Å². The molecular weight excluding hydrogens is 304 g/mol. The third kappa shape index (κ3) is 3.85. The standard InChI is InChI=1S/C14H18N4O3S/c1-8(13(19)16-14-18-17-9(2)22-14)15-11-6-5-10(20-3)7-12(11)21-4/h5-8,15H,1-4H3,(H,16,18,19). The molecule has 2 rings (SSSR count). The van der Waals surface area contributed by atoms with Crippen molar-refractivity contribution >= 4 is 28.1 Å². The average molecular weight is 322 g/mol. The van der Waals surface area contributed by atoms with Gasteiger partial charge in [0.1, 0.15) is 22.5 Å². The fourth-order valence-corrected chi connectivity index (χ4v) is 2.37. The number of nitrogens with one attached hydrogen (secondary N) is 2. The molecule has 0 saturated carbocycles. The van der Waals surface area contributed by atoms with Crippen molar-refractivity contribution in [1.29, 1.82) is 0 Å². The first-order valence-corrected chi connectivity index (χ1v) is 7.44. The normalized spacial score (nSPS) is 11.6. The lowest BCUT2D eigenvalue weighted by atomic mass is 10.2. The van der Waals surface area contributed by atoms with Gasteiger partial charge in [-0.15, -0.1) is 10.2 Å². The fraction of sp³-hybridized carbons (Fsp3) is 0.357. The number of nitrogens with zero attached hydrogens (tertiary/aromatic N) is 2. The van der Waals surface area contributed by atoms with E-state index in [-0.39, 0.29) is 5.91 Å². The van der Waals surface area contributed by atoms with Crippen LogP contribution in [0.1, 0.15) is 11.9 Å². The van der Waals surface area contributed by atoms with Crippen molar-refractivity contribution in [1.82, 2.24) is 10.2 Å². The number of rotatable bonds is 6. The molecule has 1 atom stereocenters. The third-order valence-corrected chi connectivity index (χ3v) is 3.68. The number of anilines is 2. The van der Waals surface area contributed by atoms with Gasteiger partial charge in [0.15, 0.2) is 0 Å². The van der Waals surface area contributed by atoms with Gasteiger partial charge in [-0.3, -0.25) is 10.1 Å². The van der Waals surface area contributed by atoms with E-state index in [1.165, 1.54) is 11.3 Å². The Morgan fingerprint density at radius 2 is 2.05 bits per heavy atom. The van der Waals surface area contributed by atoms with E-state index in [4.69, 9.17) is 9.47 Å². The SMILES string of the molecule is COc1ccc(NC(C)C(=O)Nc2nnc(C)s2)c(OC)c1. The zero-order valence-electron chi connectivity index (χ0n) is 12.8. The summed E-state index contributed by atoms with van der Waals surface area (Å²) in [4.78, 5) is 12.1. The second-order valence-corrected chi connectivity index (χ2v) is 5.73. The summed E-state index contributed by atoms with van der Waals surface area (Å²) in [5.41, 5.74) is 0.708. The van der Waals surface area contributed by atoms with Gasteiger partial charge in [-0.05, 0) is 26.0 Å². The number of benzene rings is 1. The Balaban J connectivity index is 2.04. The molecule has 0 aliphatic carbocycles. The number of carbonyl (C=O) groups is 1. The molecule has 0 bridgehead atoms. The number of carbonyl (C=O) groups excluding carboxylic acids is 1. The van der Waals surface area contributed by atoms with Crippen LogP contribution in [0.3, 0.4) is 0 Å². The molecule has 1 heterocycles. The lowest BCUT2D eigenvalue weighted by Crippen LogP contribution is -2.32. The smallest absolute Gasteiger partial charge is 0.248 e. The van der Waals surface area contributed by atoms with Gasteiger partial charge in [-0.2, -0.15) is 0 Å². The van der Waals surface area contributed by atoms with E-state index in [1.807, 2.05) is 6.92 Å². The summed E-state index contributed by atoms with van der Waals surface area (Å²) in [5.74, 6) is 1.09. The quantitative estimate of drug-likeness (QED) is 0.849. The van der Waals surface area contributed by atoms with Gasteiger partial charge in [-0.25, -0.2) is 0 Å². The summed E-state index contributed by atoms with van der Waals surface area (Å²) in [6, 6.07) is 4.88. The van der Waals surface area contributed by atoms with Crippen LogP contribution in [0.15, 0.2) is 18.2 Å². The minimum atomic E-state index is -0.466. The van der Waals surface area contributed by atoms with Crippen molar-refractivity contribution in [2.45, 2.75) is 19.9 Å². The van der Waals surface area contributed by atoms with Crippen molar-refractivity contribution in [2.24, 2.45) is 0 Å². The molecule has 2 aromatic rings. The van der Waals surface area contributed by atoms with Crippen LogP contribution in [-0.4, -0.2) is 36.4 Å². The Hall–Kier alpha value is -2.35. The molecule has 0 aliphatic heterocycles. The molecule has 0 saturated heterocycles. The van der Waals surface area contributed by atoms with E-state index in [0.29, 0.717) is 22.3 Å². The Labute approximate surface area is 132 Å². The van der Waals surface area contributed by atoms with Crippen LogP contribution in [0, 0.1) is 6.92 Å². The zero-order chi connectivity index (χ0) is 16.1. The summed E-state index contributed by atoms with van der Waals surface area (Å²) in [7, 11) is 3.15. The van der Waals surface area contributed by atoms with Gasteiger partial charge < -0.3 is 14.8 Å². The summed E-state index contributed by atoms with van der Waals surface area (Å²) >= 11 is 1.33. The number of ether oxygens (including phenoxy) is 2. The van der Waals surface area contributed by atoms with Gasteiger partial charge in [0.25, 0.3) is 0 Å². The molecule has 0 aliphatic rings. The first-order chi connectivity index (χ1) is 10.5. The third-order valence-electron chi connectivity index (χ3n) is 2.93. The maximum absolute atomic E-state index is 12.1. The first-order valence-electron chi connectivity index (χ1n) is 6.63. The van der Waals surface area contributed by atoms with Crippen LogP contribution in [0.5, 0.6) is 11.5 Å². The lowest BCUT2D eigenvalue weighted by molar-refractivity contribution is -0.116. The van der Waals surface area contributed by atoms with Crippen LogP contribution in [0.4, 0.5) is 10.8 Å². The summed E-state index contributed by atoms with van der Waals surface area (Å²) < 4.78 is 10.4. The number of hydrogen-bond donors (Lipinski definition) is 2. The maximum Gasteiger partial charge on any atom is 0.248 e. The Bertz CT molecular complexity index is 659. The lowest BCUT2D eigenvalue weighted by Gasteiger charge is -2.17. The second kappa shape index (κ2) is 7.08. The molecule has 1 aromatic carbocycles. The molecule has 8 heteroatoms. The predicted molar refractivity (Wildman–Crippen MR) is 85.9 cm³/mol. The molecule has 1 amide bonds. The van der Waals surface area contributed by atoms with Gasteiger partial charge in [0.2, 0.25) is 11.0 Å². The second-order valence-electron chi connectivity index (χ2n) is 4.55. The monoisotopic (exact) mass is 322 g/mol. The fourth-order valence-electron chi connectivity index (χ4n) is 1.78. The predicted octanol–water partition coefficient (Wildman–Crippen LogP) is 2.30. The minimum absolute atomic E-state index is 0.200. The van der Waals surface area contributed by atoms with Gasteiger partial charge >= 0.3 is 0 Å². The zero-order valence-corrected chi connectivity index (χ0v) is 13.7. The number of aryl methyl sites for hydroxylation is 1. The van der Waals surface area contributed by atoms with E-state index in [2.05, 4.69) is 20.8 Å². The Kier molecular flexibility index (Phi) is 5.16. The highest BCUT2D eigenvalue weighted by atomic mass is 32.1. The number of methoxy groups -OCH3 is 2. The van der Waals surface area contributed by atoms with E-state index in [0.717, 1.165) is 5.01 Å². The highest BCUT2D eigenvalue weighted by molar-refractivity contribution is 7.15. The molecular formula is C14H18N4O3S. The first kappa shape index (κ1) is 16.0. The number of amides is 1. The molecule has 118 valence electrons. The van der Waals surface area contributed by atoms with Crippen LogP contribution in [0.2, 0.25) is 0 Å². The van der Waals surface area contributed by atoms with Crippen LogP contribution in [-0.2, 0) is 4.79 Å². The highest BCUT2D eigenvalue weighted by Crippen LogP contribution is 2.29. The van der Waals surface area contributed by atoms with Crippen molar-refractivity contribution in [3.63, 3.8) is 0 Å². The maximum atomic E-state index is 12.1. The average Bonchev–Trinajstić information content (AvgIpc) is 2.92. The van der Waals surface area contributed by atoms with Gasteiger partial charge in [0, 0.05) is 6.07 Å². The summed E-state index contributed by atoms with van der Waals surface area (Å²) in [6.07, 6.45) is 0. The molecule has 0 fully saturated rings. The molecule has 22 heavy (non-hydrogen) atoms. The largest absolute Gasteiger partial charge is 0.497 e. The molecule has 1 aromatic heterocycles. The number of aromatic nitrogens is 2. The van der Waals surface area contributed by atoms with Crippen LogP contribution < -0.4 is 20.1 Å². The Morgan fingerprint density at radius 3 is 2.64 bits per heavy atom. The van der Waals surface area contributed by atoms with E-state index < -0.39 is 6.04 Å². The molecule has 0 radical (unpaired) electrons. The summed E-state index contributed by atoms with van der Waals surface area (Å²) in [5, 5.41) is 14.8. The molecule has 7 nitrogen and oxygen atoms in total. The van der Waals surface area contributed by atoms with Crippen LogP contribution in [0.25, 0.3) is 0 Å². The number of hydrogen-bond acceptors (Lipinski definition) is 7.